The minimum Gasteiger partial charge on any atom is -0.389 e. The average Bonchev–Trinajstić information content (AvgIpc) is 2.92. The fourth-order valence-electron chi connectivity index (χ4n) is 1.75. The van der Waals surface area contributed by atoms with Crippen LogP contribution in [0.4, 0.5) is 0 Å². The van der Waals surface area contributed by atoms with Gasteiger partial charge in [0.1, 0.15) is 9.88 Å². The van der Waals surface area contributed by atoms with E-state index in [2.05, 4.69) is 4.72 Å². The summed E-state index contributed by atoms with van der Waals surface area (Å²) < 4.78 is 27.5. The molecule has 8 heteroatoms. The molecule has 0 fully saturated rings. The first kappa shape index (κ1) is 16.4. The number of nitrogens with two attached hydrogens (primary N) is 1. The Morgan fingerprint density at radius 2 is 2.14 bits per heavy atom. The van der Waals surface area contributed by atoms with E-state index in [1.54, 1.807) is 13.0 Å². The van der Waals surface area contributed by atoms with Gasteiger partial charge < -0.3 is 5.73 Å². The first-order valence-electron chi connectivity index (χ1n) is 5.96. The normalized spacial score (nSPS) is 13.0. The van der Waals surface area contributed by atoms with Crippen molar-refractivity contribution < 1.29 is 8.42 Å². The molecule has 1 unspecified atom stereocenters. The highest BCUT2D eigenvalue weighted by atomic mass is 35.5. The zero-order valence-corrected chi connectivity index (χ0v) is 14.2. The smallest absolute Gasteiger partial charge is 0.242 e. The van der Waals surface area contributed by atoms with E-state index in [1.807, 2.05) is 17.5 Å². The van der Waals surface area contributed by atoms with Gasteiger partial charge in [-0.05, 0) is 30.5 Å². The van der Waals surface area contributed by atoms with Gasteiger partial charge in [0, 0.05) is 10.4 Å². The topological polar surface area (TPSA) is 72.2 Å². The molecule has 112 valence electrons. The molecule has 2 aromatic rings. The molecule has 0 amide bonds. The van der Waals surface area contributed by atoms with Crippen molar-refractivity contribution in [3.63, 3.8) is 0 Å². The Morgan fingerprint density at radius 3 is 2.71 bits per heavy atom. The molecule has 0 spiro atoms. The number of hydrogen-bond donors (Lipinski definition) is 2. The number of rotatable bonds is 5. The maximum absolute atomic E-state index is 12.5. The van der Waals surface area contributed by atoms with Crippen LogP contribution in [0.2, 0.25) is 5.02 Å². The predicted molar refractivity (Wildman–Crippen MR) is 90.4 cm³/mol. The number of hydrogen-bond acceptors (Lipinski definition) is 4. The third-order valence-corrected chi connectivity index (χ3v) is 6.12. The van der Waals surface area contributed by atoms with Crippen LogP contribution >= 0.6 is 35.2 Å². The molecular formula is C13H13ClN2O2S3. The van der Waals surface area contributed by atoms with Crippen LogP contribution in [0.15, 0.2) is 40.6 Å². The molecule has 1 atom stereocenters. The van der Waals surface area contributed by atoms with Crippen molar-refractivity contribution in [2.24, 2.45) is 5.73 Å². The van der Waals surface area contributed by atoms with E-state index < -0.39 is 10.0 Å². The summed E-state index contributed by atoms with van der Waals surface area (Å²) in [6.07, 6.45) is 0. The summed E-state index contributed by atoms with van der Waals surface area (Å²) in [6, 6.07) is 7.83. The van der Waals surface area contributed by atoms with Crippen LogP contribution < -0.4 is 10.5 Å². The van der Waals surface area contributed by atoms with Crippen LogP contribution in [-0.2, 0) is 10.0 Å². The Hall–Kier alpha value is -0.990. The van der Waals surface area contributed by atoms with Gasteiger partial charge in [-0.1, -0.05) is 36.0 Å². The Morgan fingerprint density at radius 1 is 1.43 bits per heavy atom. The monoisotopic (exact) mass is 360 g/mol. The molecule has 1 heterocycles. The second-order valence-electron chi connectivity index (χ2n) is 4.37. The molecule has 1 aromatic heterocycles. The minimum atomic E-state index is -3.76. The molecule has 0 aliphatic carbocycles. The summed E-state index contributed by atoms with van der Waals surface area (Å²) in [6.45, 7) is 1.77. The van der Waals surface area contributed by atoms with Crippen LogP contribution in [0.3, 0.4) is 0 Å². The fourth-order valence-corrected chi connectivity index (χ4v) is 4.44. The molecule has 0 aliphatic rings. The molecule has 0 saturated carbocycles. The first-order valence-corrected chi connectivity index (χ1v) is 9.11. The summed E-state index contributed by atoms with van der Waals surface area (Å²) >= 11 is 12.3. The van der Waals surface area contributed by atoms with Crippen molar-refractivity contribution in [2.45, 2.75) is 17.9 Å². The Kier molecular flexibility index (Phi) is 5.00. The highest BCUT2D eigenvalue weighted by Crippen LogP contribution is 2.26. The van der Waals surface area contributed by atoms with Gasteiger partial charge >= 0.3 is 0 Å². The van der Waals surface area contributed by atoms with Gasteiger partial charge in [-0.2, -0.15) is 0 Å². The zero-order chi connectivity index (χ0) is 15.6. The minimum absolute atomic E-state index is 0.0297. The second-order valence-corrected chi connectivity index (χ2v) is 7.88. The van der Waals surface area contributed by atoms with Crippen molar-refractivity contribution in [3.8, 4) is 0 Å². The number of thiocarbonyl (C=S) groups is 1. The number of sulfonamides is 1. The summed E-state index contributed by atoms with van der Waals surface area (Å²) in [5, 5.41) is 2.02. The predicted octanol–water partition coefficient (Wildman–Crippen LogP) is 3.08. The lowest BCUT2D eigenvalue weighted by atomic mass is 10.2. The van der Waals surface area contributed by atoms with Crippen LogP contribution in [0.5, 0.6) is 0 Å². The summed E-state index contributed by atoms with van der Waals surface area (Å²) in [7, 11) is -3.76. The van der Waals surface area contributed by atoms with Crippen molar-refractivity contribution in [1.82, 2.24) is 4.72 Å². The molecule has 21 heavy (non-hydrogen) atoms. The van der Waals surface area contributed by atoms with Crippen molar-refractivity contribution in [3.05, 3.63) is 51.2 Å². The Balaban J connectivity index is 2.35. The SMILES string of the molecule is CC(NS(=O)(=O)c1cc(C(N)=S)ccc1Cl)c1cccs1. The molecule has 0 saturated heterocycles. The van der Waals surface area contributed by atoms with Crippen LogP contribution in [0, 0.1) is 0 Å². The van der Waals surface area contributed by atoms with Crippen LogP contribution in [0.25, 0.3) is 0 Å². The number of nitrogens with one attached hydrogen (secondary N) is 1. The Labute approximate surface area is 138 Å². The Bertz CT molecular complexity index is 758. The third-order valence-electron chi connectivity index (χ3n) is 2.81. The lowest BCUT2D eigenvalue weighted by Crippen LogP contribution is -2.27. The van der Waals surface area contributed by atoms with Crippen molar-refractivity contribution >= 4 is 50.2 Å². The summed E-state index contributed by atoms with van der Waals surface area (Å²) in [5.74, 6) is 0. The van der Waals surface area contributed by atoms with Gasteiger partial charge in [0.15, 0.2) is 0 Å². The van der Waals surface area contributed by atoms with Gasteiger partial charge in [-0.3, -0.25) is 0 Å². The summed E-state index contributed by atoms with van der Waals surface area (Å²) in [4.78, 5) is 1.01. The fraction of sp³-hybridized carbons (Fsp3) is 0.154. The molecule has 4 nitrogen and oxygen atoms in total. The van der Waals surface area contributed by atoms with E-state index >= 15 is 0 Å². The maximum atomic E-state index is 12.5. The van der Waals surface area contributed by atoms with Gasteiger partial charge in [0.05, 0.1) is 11.1 Å². The second kappa shape index (κ2) is 6.41. The lowest BCUT2D eigenvalue weighted by molar-refractivity contribution is 0.568. The molecule has 0 radical (unpaired) electrons. The van der Waals surface area contributed by atoms with Gasteiger partial charge in [0.2, 0.25) is 10.0 Å². The molecule has 1 aromatic carbocycles. The van der Waals surface area contributed by atoms with Gasteiger partial charge in [-0.25, -0.2) is 13.1 Å². The highest BCUT2D eigenvalue weighted by Gasteiger charge is 2.22. The standard InChI is InChI=1S/C13H13ClN2O2S3/c1-8(11-3-2-6-20-11)16-21(17,18)12-7-9(13(15)19)4-5-10(12)14/h2-8,16H,1H3,(H2,15,19). The highest BCUT2D eigenvalue weighted by molar-refractivity contribution is 7.89. The molecule has 3 N–H and O–H groups in total. The number of halogens is 1. The van der Waals surface area contributed by atoms with Crippen LogP contribution in [0.1, 0.15) is 23.4 Å². The van der Waals surface area contributed by atoms with E-state index in [-0.39, 0.29) is 20.9 Å². The third kappa shape index (κ3) is 3.81. The van der Waals surface area contributed by atoms with Crippen LogP contribution in [-0.4, -0.2) is 13.4 Å². The molecule has 0 bridgehead atoms. The zero-order valence-electron chi connectivity index (χ0n) is 11.0. The number of benzene rings is 1. The molecule has 2 rings (SSSR count). The summed E-state index contributed by atoms with van der Waals surface area (Å²) in [5.41, 5.74) is 5.99. The average molecular weight is 361 g/mol. The van der Waals surface area contributed by atoms with E-state index in [4.69, 9.17) is 29.6 Å². The van der Waals surface area contributed by atoms with Crippen molar-refractivity contribution in [1.29, 1.82) is 0 Å². The van der Waals surface area contributed by atoms with E-state index in [1.165, 1.54) is 23.5 Å². The van der Waals surface area contributed by atoms with Crippen molar-refractivity contribution in [2.75, 3.05) is 0 Å². The molecule has 0 aliphatic heterocycles. The van der Waals surface area contributed by atoms with Gasteiger partial charge in [-0.15, -0.1) is 11.3 Å². The van der Waals surface area contributed by atoms with Gasteiger partial charge in [0.25, 0.3) is 0 Å². The van der Waals surface area contributed by atoms with E-state index in [9.17, 15) is 8.42 Å². The van der Waals surface area contributed by atoms with E-state index in [0.717, 1.165) is 4.88 Å². The maximum Gasteiger partial charge on any atom is 0.242 e. The first-order chi connectivity index (χ1) is 9.81. The molecular weight excluding hydrogens is 348 g/mol. The largest absolute Gasteiger partial charge is 0.389 e. The quantitative estimate of drug-likeness (QED) is 0.804. The number of thiophene rings is 1. The van der Waals surface area contributed by atoms with E-state index in [0.29, 0.717) is 5.56 Å². The lowest BCUT2D eigenvalue weighted by Gasteiger charge is -2.14.